The molecule has 19 heavy (non-hydrogen) atoms. The van der Waals surface area contributed by atoms with Crippen LogP contribution in [0.2, 0.25) is 0 Å². The van der Waals surface area contributed by atoms with Gasteiger partial charge in [-0.1, -0.05) is 6.07 Å². The van der Waals surface area contributed by atoms with Crippen molar-refractivity contribution in [1.29, 1.82) is 5.26 Å². The molecule has 0 radical (unpaired) electrons. The van der Waals surface area contributed by atoms with Crippen LogP contribution in [-0.2, 0) is 28.0 Å². The van der Waals surface area contributed by atoms with E-state index in [1.54, 1.807) is 6.07 Å². The fourth-order valence-electron chi connectivity index (χ4n) is 1.61. The number of benzene rings is 1. The molecule has 1 rings (SSSR count). The zero-order chi connectivity index (χ0) is 14.6. The van der Waals surface area contributed by atoms with Crippen molar-refractivity contribution in [3.63, 3.8) is 0 Å². The number of carbonyl (C=O) groups is 1. The highest BCUT2D eigenvalue weighted by Gasteiger charge is 2.35. The van der Waals surface area contributed by atoms with Crippen LogP contribution in [-0.4, -0.2) is 13.1 Å². The van der Waals surface area contributed by atoms with Crippen molar-refractivity contribution in [1.82, 2.24) is 0 Å². The summed E-state index contributed by atoms with van der Waals surface area (Å²) in [6.45, 7) is 0. The molecule has 0 atom stereocenters. The average Bonchev–Trinajstić information content (AvgIpc) is 2.36. The Morgan fingerprint density at radius 3 is 2.53 bits per heavy atom. The van der Waals surface area contributed by atoms with Crippen LogP contribution in [0.15, 0.2) is 12.1 Å². The number of nitriles is 1. The van der Waals surface area contributed by atoms with E-state index in [9.17, 15) is 18.0 Å². The minimum Gasteiger partial charge on any atom is -0.469 e. The van der Waals surface area contributed by atoms with Crippen LogP contribution >= 0.6 is 11.6 Å². The monoisotopic (exact) mass is 291 g/mol. The Bertz CT molecular complexity index is 535. The summed E-state index contributed by atoms with van der Waals surface area (Å²) in [5, 5.41) is 8.98. The van der Waals surface area contributed by atoms with Crippen molar-refractivity contribution in [2.24, 2.45) is 0 Å². The van der Waals surface area contributed by atoms with Crippen LogP contribution in [0.1, 0.15) is 22.3 Å². The van der Waals surface area contributed by atoms with Crippen molar-refractivity contribution in [3.8, 4) is 6.07 Å². The van der Waals surface area contributed by atoms with Gasteiger partial charge in [0, 0.05) is 5.88 Å². The lowest BCUT2D eigenvalue weighted by atomic mass is 9.94. The summed E-state index contributed by atoms with van der Waals surface area (Å²) < 4.78 is 42.9. The van der Waals surface area contributed by atoms with Gasteiger partial charge in [0.25, 0.3) is 0 Å². The van der Waals surface area contributed by atoms with Gasteiger partial charge in [-0.05, 0) is 17.2 Å². The topological polar surface area (TPSA) is 50.1 Å². The number of alkyl halides is 4. The zero-order valence-corrected chi connectivity index (χ0v) is 10.6. The molecule has 0 amide bonds. The lowest BCUT2D eigenvalue weighted by molar-refractivity contribution is -0.141. The van der Waals surface area contributed by atoms with Gasteiger partial charge in [-0.25, -0.2) is 0 Å². The van der Waals surface area contributed by atoms with Crippen LogP contribution in [0.4, 0.5) is 13.2 Å². The third-order valence-electron chi connectivity index (χ3n) is 2.51. The second-order valence-electron chi connectivity index (χ2n) is 3.62. The molecule has 0 spiro atoms. The summed E-state index contributed by atoms with van der Waals surface area (Å²) in [5.41, 5.74) is -1.41. The molecule has 0 aromatic heterocycles. The predicted octanol–water partition coefficient (Wildman–Crippen LogP) is 3.03. The van der Waals surface area contributed by atoms with Gasteiger partial charge >= 0.3 is 12.1 Å². The highest BCUT2D eigenvalue weighted by molar-refractivity contribution is 6.17. The zero-order valence-electron chi connectivity index (χ0n) is 9.84. The van der Waals surface area contributed by atoms with Crippen LogP contribution in [0, 0.1) is 11.3 Å². The van der Waals surface area contributed by atoms with Crippen molar-refractivity contribution in [2.45, 2.75) is 18.5 Å². The molecule has 1 aromatic carbocycles. The molecule has 0 unspecified atom stereocenters. The van der Waals surface area contributed by atoms with E-state index in [1.807, 2.05) is 0 Å². The number of methoxy groups -OCH3 is 1. The summed E-state index contributed by atoms with van der Waals surface area (Å²) in [7, 11) is 1.06. The normalized spacial score (nSPS) is 10.9. The fourth-order valence-corrected chi connectivity index (χ4v) is 1.84. The number of hydrogen-bond acceptors (Lipinski definition) is 3. The Balaban J connectivity index is 3.50. The second-order valence-corrected chi connectivity index (χ2v) is 3.89. The van der Waals surface area contributed by atoms with Crippen LogP contribution in [0.3, 0.4) is 0 Å². The number of halogens is 4. The van der Waals surface area contributed by atoms with E-state index >= 15 is 0 Å². The van der Waals surface area contributed by atoms with E-state index < -0.39 is 29.7 Å². The highest BCUT2D eigenvalue weighted by atomic mass is 35.5. The predicted molar refractivity (Wildman–Crippen MR) is 61.4 cm³/mol. The van der Waals surface area contributed by atoms with E-state index in [-0.39, 0.29) is 17.0 Å². The fraction of sp³-hybridized carbons (Fsp3) is 0.333. The maximum Gasteiger partial charge on any atom is 0.416 e. The van der Waals surface area contributed by atoms with Crippen molar-refractivity contribution in [3.05, 3.63) is 34.4 Å². The van der Waals surface area contributed by atoms with Gasteiger partial charge in [0.2, 0.25) is 0 Å². The number of hydrogen-bond donors (Lipinski definition) is 0. The van der Waals surface area contributed by atoms with Gasteiger partial charge in [-0.2, -0.15) is 18.4 Å². The third-order valence-corrected chi connectivity index (χ3v) is 2.80. The molecule has 0 fully saturated rings. The van der Waals surface area contributed by atoms with Crippen molar-refractivity contribution < 1.29 is 22.7 Å². The lowest BCUT2D eigenvalue weighted by Gasteiger charge is -2.15. The van der Waals surface area contributed by atoms with Crippen LogP contribution in [0.5, 0.6) is 0 Å². The minimum atomic E-state index is -4.65. The molecular weight excluding hydrogens is 283 g/mol. The first-order valence-electron chi connectivity index (χ1n) is 5.10. The second kappa shape index (κ2) is 5.93. The van der Waals surface area contributed by atoms with Gasteiger partial charge in [0.1, 0.15) is 0 Å². The average molecular weight is 292 g/mol. The molecule has 3 nitrogen and oxygen atoms in total. The number of carbonyl (C=O) groups excluding carboxylic acids is 1. The number of nitrogens with zero attached hydrogens (tertiary/aromatic N) is 1. The van der Waals surface area contributed by atoms with E-state index in [1.165, 1.54) is 0 Å². The smallest absolute Gasteiger partial charge is 0.416 e. The lowest BCUT2D eigenvalue weighted by Crippen LogP contribution is -2.16. The van der Waals surface area contributed by atoms with Gasteiger partial charge in [0.05, 0.1) is 30.7 Å². The Labute approximate surface area is 112 Å². The number of rotatable bonds is 3. The molecule has 0 saturated carbocycles. The highest BCUT2D eigenvalue weighted by Crippen LogP contribution is 2.35. The minimum absolute atomic E-state index is 0.116. The molecule has 0 saturated heterocycles. The number of ether oxygens (including phenoxy) is 1. The summed E-state index contributed by atoms with van der Waals surface area (Å²) in [6, 6.07) is 3.62. The Kier molecular flexibility index (Phi) is 4.78. The van der Waals surface area contributed by atoms with Crippen LogP contribution in [0.25, 0.3) is 0 Å². The summed E-state index contributed by atoms with van der Waals surface area (Å²) >= 11 is 5.57. The third kappa shape index (κ3) is 3.38. The Hall–Kier alpha value is -1.74. The molecular formula is C12H9ClF3NO2. The summed E-state index contributed by atoms with van der Waals surface area (Å²) in [4.78, 5) is 11.2. The first-order chi connectivity index (χ1) is 8.85. The van der Waals surface area contributed by atoms with E-state index in [4.69, 9.17) is 16.9 Å². The number of esters is 1. The van der Waals surface area contributed by atoms with Crippen molar-refractivity contribution in [2.75, 3.05) is 7.11 Å². The molecule has 102 valence electrons. The Morgan fingerprint density at radius 2 is 2.11 bits per heavy atom. The van der Waals surface area contributed by atoms with Gasteiger partial charge < -0.3 is 4.74 Å². The molecule has 7 heteroatoms. The SMILES string of the molecule is COC(=O)Cc1c(C(F)(F)F)ccc(CCl)c1C#N. The van der Waals surface area contributed by atoms with E-state index in [0.717, 1.165) is 19.2 Å². The molecule has 0 heterocycles. The van der Waals surface area contributed by atoms with Crippen LogP contribution < -0.4 is 0 Å². The first kappa shape index (κ1) is 15.3. The van der Waals surface area contributed by atoms with Crippen molar-refractivity contribution >= 4 is 17.6 Å². The van der Waals surface area contributed by atoms with Gasteiger partial charge in [-0.3, -0.25) is 4.79 Å². The standard InChI is InChI=1S/C12H9ClF3NO2/c1-19-11(18)4-8-9(6-17)7(5-13)2-3-10(8)12(14,15)16/h2-3H,4-5H2,1H3. The summed E-state index contributed by atoms with van der Waals surface area (Å²) in [5.74, 6) is -0.969. The van der Waals surface area contributed by atoms with E-state index in [0.29, 0.717) is 0 Å². The first-order valence-corrected chi connectivity index (χ1v) is 5.63. The van der Waals surface area contributed by atoms with Gasteiger partial charge in [0.15, 0.2) is 0 Å². The van der Waals surface area contributed by atoms with E-state index in [2.05, 4.69) is 4.74 Å². The van der Waals surface area contributed by atoms with Gasteiger partial charge in [-0.15, -0.1) is 11.6 Å². The maximum atomic E-state index is 12.9. The quantitative estimate of drug-likeness (QED) is 0.635. The molecule has 0 bridgehead atoms. The molecule has 1 aromatic rings. The summed E-state index contributed by atoms with van der Waals surface area (Å²) in [6.07, 6.45) is -5.28. The molecule has 0 aliphatic carbocycles. The largest absolute Gasteiger partial charge is 0.469 e. The maximum absolute atomic E-state index is 12.9. The molecule has 0 aliphatic rings. The molecule has 0 N–H and O–H groups in total. The Morgan fingerprint density at radius 1 is 1.47 bits per heavy atom. The molecule has 0 aliphatic heterocycles.